The topological polar surface area (TPSA) is 93.5 Å². The summed E-state index contributed by atoms with van der Waals surface area (Å²) in [5.41, 5.74) is 0.236. The van der Waals surface area contributed by atoms with E-state index in [0.717, 1.165) is 0 Å². The van der Waals surface area contributed by atoms with Crippen molar-refractivity contribution in [3.8, 4) is 11.6 Å². The van der Waals surface area contributed by atoms with Crippen molar-refractivity contribution >= 4 is 35.0 Å². The van der Waals surface area contributed by atoms with Crippen molar-refractivity contribution in [3.05, 3.63) is 64.3 Å². The van der Waals surface area contributed by atoms with E-state index in [1.807, 2.05) is 19.9 Å². The second kappa shape index (κ2) is 8.99. The minimum atomic E-state index is -0.658. The SMILES string of the molecule is COc1cc(Cl)cc(C(=O)N2CCN(C(=O)c3ncn(-c4cccc(Cl)c4)n3)C(C)(C)C2)n1. The normalized spacial score (nSPS) is 15.4. The Hall–Kier alpha value is -3.17. The largest absolute Gasteiger partial charge is 0.481 e. The van der Waals surface area contributed by atoms with Crippen LogP contribution in [0.1, 0.15) is 35.0 Å². The number of nitrogens with zero attached hydrogens (tertiary/aromatic N) is 6. The number of piperazine rings is 1. The van der Waals surface area contributed by atoms with Crippen LogP contribution in [0.15, 0.2) is 42.7 Å². The van der Waals surface area contributed by atoms with Crippen LogP contribution in [0.4, 0.5) is 0 Å². The summed E-state index contributed by atoms with van der Waals surface area (Å²) < 4.78 is 6.61. The summed E-state index contributed by atoms with van der Waals surface area (Å²) in [4.78, 5) is 38.0. The number of carbonyl (C=O) groups is 2. The molecule has 4 rings (SSSR count). The summed E-state index contributed by atoms with van der Waals surface area (Å²) in [5.74, 6) is -0.251. The molecule has 1 aliphatic rings. The fourth-order valence-corrected chi connectivity index (χ4v) is 4.16. The zero-order chi connectivity index (χ0) is 23.8. The molecule has 0 atom stereocenters. The highest BCUT2D eigenvalue weighted by molar-refractivity contribution is 6.31. The average molecular weight is 489 g/mol. The molecule has 2 aromatic heterocycles. The van der Waals surface area contributed by atoms with E-state index in [-0.39, 0.29) is 29.2 Å². The third-order valence-corrected chi connectivity index (χ3v) is 5.84. The van der Waals surface area contributed by atoms with Crippen LogP contribution in [0, 0.1) is 0 Å². The molecule has 172 valence electrons. The highest BCUT2D eigenvalue weighted by Gasteiger charge is 2.40. The van der Waals surface area contributed by atoms with E-state index >= 15 is 0 Å². The maximum atomic E-state index is 13.2. The minimum absolute atomic E-state index is 0.0732. The van der Waals surface area contributed by atoms with Gasteiger partial charge in [-0.2, -0.15) is 0 Å². The first-order chi connectivity index (χ1) is 15.7. The van der Waals surface area contributed by atoms with Gasteiger partial charge in [-0.3, -0.25) is 9.59 Å². The monoisotopic (exact) mass is 488 g/mol. The van der Waals surface area contributed by atoms with Crippen LogP contribution >= 0.6 is 23.2 Å². The van der Waals surface area contributed by atoms with E-state index in [4.69, 9.17) is 27.9 Å². The number of rotatable bonds is 4. The summed E-state index contributed by atoms with van der Waals surface area (Å²) in [6.45, 7) is 4.75. The lowest BCUT2D eigenvalue weighted by Crippen LogP contribution is -2.62. The van der Waals surface area contributed by atoms with Crippen LogP contribution in [0.3, 0.4) is 0 Å². The number of amides is 2. The molecule has 2 amide bonds. The predicted molar refractivity (Wildman–Crippen MR) is 123 cm³/mol. The smallest absolute Gasteiger partial charge is 0.294 e. The summed E-state index contributed by atoms with van der Waals surface area (Å²) in [7, 11) is 1.46. The van der Waals surface area contributed by atoms with Gasteiger partial charge in [0, 0.05) is 35.7 Å². The van der Waals surface area contributed by atoms with E-state index in [1.165, 1.54) is 30.3 Å². The van der Waals surface area contributed by atoms with Crippen LogP contribution in [0.2, 0.25) is 10.0 Å². The molecule has 33 heavy (non-hydrogen) atoms. The van der Waals surface area contributed by atoms with Crippen molar-refractivity contribution in [2.24, 2.45) is 0 Å². The number of carbonyl (C=O) groups excluding carboxylic acids is 2. The standard InChI is InChI=1S/C22H22Cl2N6O3/c1-22(2)12-28(20(31)17-10-15(24)11-18(26-17)33-3)7-8-29(22)21(32)19-25-13-30(27-19)16-6-4-5-14(23)9-16/h4-6,9-11,13H,7-8,12H2,1-3H3. The lowest BCUT2D eigenvalue weighted by atomic mass is 9.98. The Morgan fingerprint density at radius 2 is 1.85 bits per heavy atom. The number of pyridine rings is 1. The van der Waals surface area contributed by atoms with Gasteiger partial charge >= 0.3 is 0 Å². The predicted octanol–water partition coefficient (Wildman–Crippen LogP) is 3.35. The molecule has 0 unspecified atom stereocenters. The van der Waals surface area contributed by atoms with Gasteiger partial charge in [0.1, 0.15) is 12.0 Å². The van der Waals surface area contributed by atoms with E-state index in [9.17, 15) is 9.59 Å². The summed E-state index contributed by atoms with van der Waals surface area (Å²) >= 11 is 12.1. The average Bonchev–Trinajstić information content (AvgIpc) is 3.27. The van der Waals surface area contributed by atoms with Gasteiger partial charge in [-0.15, -0.1) is 5.10 Å². The first-order valence-corrected chi connectivity index (χ1v) is 10.9. The molecular formula is C22H22Cl2N6O3. The van der Waals surface area contributed by atoms with Crippen LogP contribution in [-0.2, 0) is 0 Å². The molecule has 3 heterocycles. The lowest BCUT2D eigenvalue weighted by molar-refractivity contribution is 0.0158. The van der Waals surface area contributed by atoms with Crippen molar-refractivity contribution < 1.29 is 14.3 Å². The highest BCUT2D eigenvalue weighted by atomic mass is 35.5. The molecule has 9 nitrogen and oxygen atoms in total. The van der Waals surface area contributed by atoms with Gasteiger partial charge in [-0.05, 0) is 38.1 Å². The number of ether oxygens (including phenoxy) is 1. The molecule has 1 aromatic carbocycles. The third kappa shape index (κ3) is 4.79. The molecule has 0 saturated carbocycles. The van der Waals surface area contributed by atoms with Crippen LogP contribution in [0.5, 0.6) is 5.88 Å². The fourth-order valence-electron chi connectivity index (χ4n) is 3.78. The number of benzene rings is 1. The molecule has 0 radical (unpaired) electrons. The van der Waals surface area contributed by atoms with Gasteiger partial charge in [0.25, 0.3) is 11.8 Å². The maximum absolute atomic E-state index is 13.2. The molecule has 0 spiro atoms. The Kier molecular flexibility index (Phi) is 6.27. The fraction of sp³-hybridized carbons (Fsp3) is 0.318. The second-order valence-electron chi connectivity index (χ2n) is 8.20. The molecule has 1 saturated heterocycles. The molecule has 0 bridgehead atoms. The van der Waals surface area contributed by atoms with Crippen molar-refractivity contribution in [2.45, 2.75) is 19.4 Å². The Bertz CT molecular complexity index is 1210. The molecule has 1 aliphatic heterocycles. The van der Waals surface area contributed by atoms with Gasteiger partial charge in [0.2, 0.25) is 11.7 Å². The van der Waals surface area contributed by atoms with Gasteiger partial charge in [0.15, 0.2) is 0 Å². The van der Waals surface area contributed by atoms with Gasteiger partial charge < -0.3 is 14.5 Å². The van der Waals surface area contributed by atoms with Crippen molar-refractivity contribution in [1.82, 2.24) is 29.5 Å². The van der Waals surface area contributed by atoms with E-state index in [0.29, 0.717) is 35.4 Å². The van der Waals surface area contributed by atoms with Crippen molar-refractivity contribution in [1.29, 1.82) is 0 Å². The quantitative estimate of drug-likeness (QED) is 0.558. The lowest BCUT2D eigenvalue weighted by Gasteiger charge is -2.46. The maximum Gasteiger partial charge on any atom is 0.294 e. The number of halogens is 2. The minimum Gasteiger partial charge on any atom is -0.481 e. The first kappa shape index (κ1) is 23.0. The number of methoxy groups -OCH3 is 1. The van der Waals surface area contributed by atoms with E-state index in [1.54, 1.807) is 28.0 Å². The molecule has 3 aromatic rings. The number of aromatic nitrogens is 4. The molecular weight excluding hydrogens is 467 g/mol. The van der Waals surface area contributed by atoms with Crippen LogP contribution < -0.4 is 4.74 Å². The van der Waals surface area contributed by atoms with Gasteiger partial charge in [-0.25, -0.2) is 14.6 Å². The Balaban J connectivity index is 1.50. The molecule has 0 aliphatic carbocycles. The summed E-state index contributed by atoms with van der Waals surface area (Å²) in [6.07, 6.45) is 1.48. The first-order valence-electron chi connectivity index (χ1n) is 10.2. The second-order valence-corrected chi connectivity index (χ2v) is 9.07. The molecule has 0 N–H and O–H groups in total. The van der Waals surface area contributed by atoms with Gasteiger partial charge in [-0.1, -0.05) is 29.3 Å². The van der Waals surface area contributed by atoms with E-state index in [2.05, 4.69) is 15.1 Å². The Morgan fingerprint density at radius 3 is 2.55 bits per heavy atom. The molecule has 11 heteroatoms. The number of hydrogen-bond acceptors (Lipinski definition) is 6. The Labute approximate surface area is 200 Å². The highest BCUT2D eigenvalue weighted by Crippen LogP contribution is 2.25. The Morgan fingerprint density at radius 1 is 1.06 bits per heavy atom. The van der Waals surface area contributed by atoms with Crippen molar-refractivity contribution in [2.75, 3.05) is 26.7 Å². The van der Waals surface area contributed by atoms with Crippen LogP contribution in [0.25, 0.3) is 5.69 Å². The summed E-state index contributed by atoms with van der Waals surface area (Å²) in [5, 5.41) is 5.25. The van der Waals surface area contributed by atoms with Crippen LogP contribution in [-0.4, -0.2) is 73.6 Å². The van der Waals surface area contributed by atoms with Crippen molar-refractivity contribution in [3.63, 3.8) is 0 Å². The zero-order valence-electron chi connectivity index (χ0n) is 18.3. The van der Waals surface area contributed by atoms with E-state index < -0.39 is 5.54 Å². The molecule has 1 fully saturated rings. The third-order valence-electron chi connectivity index (χ3n) is 5.39. The summed E-state index contributed by atoms with van der Waals surface area (Å²) in [6, 6.07) is 10.1. The number of hydrogen-bond donors (Lipinski definition) is 0. The van der Waals surface area contributed by atoms with Gasteiger partial charge in [0.05, 0.1) is 18.3 Å². The zero-order valence-corrected chi connectivity index (χ0v) is 19.8.